The number of carbonyl (C=O) groups excluding carboxylic acids is 1. The zero-order chi connectivity index (χ0) is 18.6. The van der Waals surface area contributed by atoms with Gasteiger partial charge in [0.05, 0.1) is 27.1 Å². The molecule has 0 fully saturated rings. The van der Waals surface area contributed by atoms with Crippen LogP contribution in [0.1, 0.15) is 21.7 Å². The van der Waals surface area contributed by atoms with Crippen molar-refractivity contribution in [3.05, 3.63) is 73.8 Å². The minimum absolute atomic E-state index is 0.0154. The molecule has 0 atom stereocenters. The molecule has 0 saturated carbocycles. The number of hydrogen-bond acceptors (Lipinski definition) is 6. The summed E-state index contributed by atoms with van der Waals surface area (Å²) in [5.41, 5.74) is 1.28. The van der Waals surface area contributed by atoms with Crippen molar-refractivity contribution in [1.82, 2.24) is 14.5 Å². The van der Waals surface area contributed by atoms with Gasteiger partial charge in [0.2, 0.25) is 5.78 Å². The normalized spacial score (nSPS) is 12.5. The molecule has 0 radical (unpaired) electrons. The summed E-state index contributed by atoms with van der Waals surface area (Å²) < 4.78 is 1.24. The molecule has 2 heterocycles. The van der Waals surface area contributed by atoms with Crippen LogP contribution >= 0.6 is 0 Å². The number of aromatic nitrogens is 2. The molecule has 26 heavy (non-hydrogen) atoms. The minimum atomic E-state index is -0.573. The molecule has 8 nitrogen and oxygen atoms in total. The minimum Gasteiger partial charge on any atom is -0.305 e. The Kier molecular flexibility index (Phi) is 3.45. The van der Waals surface area contributed by atoms with E-state index in [1.54, 1.807) is 12.1 Å². The van der Waals surface area contributed by atoms with Crippen LogP contribution in [-0.2, 0) is 6.54 Å². The molecule has 2 aromatic carbocycles. The van der Waals surface area contributed by atoms with Crippen LogP contribution in [-0.4, -0.2) is 39.3 Å². The van der Waals surface area contributed by atoms with Crippen molar-refractivity contribution in [2.75, 3.05) is 14.1 Å². The average Bonchev–Trinajstić information content (AvgIpc) is 2.87. The van der Waals surface area contributed by atoms with E-state index >= 15 is 0 Å². The Morgan fingerprint density at radius 3 is 2.62 bits per heavy atom. The van der Waals surface area contributed by atoms with Crippen LogP contribution in [0.2, 0.25) is 0 Å². The predicted octanol–water partition coefficient (Wildman–Crippen LogP) is 1.90. The lowest BCUT2D eigenvalue weighted by Crippen LogP contribution is -2.22. The number of nitro benzene ring substituents is 1. The number of hydrogen-bond donors (Lipinski definition) is 0. The van der Waals surface area contributed by atoms with Crippen LogP contribution in [0.4, 0.5) is 5.69 Å². The van der Waals surface area contributed by atoms with E-state index < -0.39 is 10.7 Å². The van der Waals surface area contributed by atoms with Crippen molar-refractivity contribution in [3.8, 4) is 5.69 Å². The lowest BCUT2D eigenvalue weighted by Gasteiger charge is -2.11. The topological polar surface area (TPSA) is 98.3 Å². The smallest absolute Gasteiger partial charge is 0.270 e. The Balaban J connectivity index is 1.97. The van der Waals surface area contributed by atoms with E-state index in [1.807, 2.05) is 25.1 Å². The van der Waals surface area contributed by atoms with Gasteiger partial charge in [-0.2, -0.15) is 0 Å². The lowest BCUT2D eigenvalue weighted by molar-refractivity contribution is -0.384. The predicted molar refractivity (Wildman–Crippen MR) is 94.8 cm³/mol. The van der Waals surface area contributed by atoms with Gasteiger partial charge in [-0.1, -0.05) is 6.07 Å². The average molecular weight is 350 g/mol. The van der Waals surface area contributed by atoms with E-state index in [4.69, 9.17) is 0 Å². The monoisotopic (exact) mass is 350 g/mol. The second-order valence-corrected chi connectivity index (χ2v) is 6.45. The zero-order valence-corrected chi connectivity index (χ0v) is 14.1. The zero-order valence-electron chi connectivity index (χ0n) is 14.1. The number of nitro groups is 1. The summed E-state index contributed by atoms with van der Waals surface area (Å²) in [5.74, 6) is -0.501. The molecular formula is C18H14N4O4. The van der Waals surface area contributed by atoms with Gasteiger partial charge in [-0.25, -0.2) is 4.98 Å². The first-order valence-electron chi connectivity index (χ1n) is 7.91. The molecule has 3 aromatic rings. The van der Waals surface area contributed by atoms with E-state index in [0.717, 1.165) is 5.56 Å². The van der Waals surface area contributed by atoms with Crippen LogP contribution < -0.4 is 5.56 Å². The summed E-state index contributed by atoms with van der Waals surface area (Å²) in [7, 11) is 3.86. The fourth-order valence-electron chi connectivity index (χ4n) is 3.21. The van der Waals surface area contributed by atoms with E-state index in [9.17, 15) is 19.7 Å². The number of rotatable bonds is 3. The Bertz CT molecular complexity index is 1160. The second-order valence-electron chi connectivity index (χ2n) is 6.45. The van der Waals surface area contributed by atoms with Gasteiger partial charge in [-0.15, -0.1) is 0 Å². The third-order valence-electron chi connectivity index (χ3n) is 4.31. The Morgan fingerprint density at radius 2 is 1.92 bits per heavy atom. The molecule has 1 aromatic heterocycles. The summed E-state index contributed by atoms with van der Waals surface area (Å²) in [6.07, 6.45) is 0. The SMILES string of the molecule is CN(C)Cc1ccc2nc3n(c(=O)c2c1)-c1ccc([N+](=O)[O-])cc1C3=O. The van der Waals surface area contributed by atoms with Gasteiger partial charge in [0, 0.05) is 18.7 Å². The van der Waals surface area contributed by atoms with Gasteiger partial charge < -0.3 is 4.90 Å². The Morgan fingerprint density at radius 1 is 1.15 bits per heavy atom. The van der Waals surface area contributed by atoms with Crippen LogP contribution in [0.25, 0.3) is 16.6 Å². The number of fused-ring (bicyclic) bond motifs is 4. The summed E-state index contributed by atoms with van der Waals surface area (Å²) in [5, 5.41) is 11.4. The second kappa shape index (κ2) is 5.57. The molecule has 130 valence electrons. The quantitative estimate of drug-likeness (QED) is 0.413. The van der Waals surface area contributed by atoms with Crippen molar-refractivity contribution >= 4 is 22.4 Å². The summed E-state index contributed by atoms with van der Waals surface area (Å²) >= 11 is 0. The van der Waals surface area contributed by atoms with Gasteiger partial charge in [-0.3, -0.25) is 24.3 Å². The number of carbonyl (C=O) groups is 1. The van der Waals surface area contributed by atoms with Gasteiger partial charge in [0.15, 0.2) is 5.82 Å². The highest BCUT2D eigenvalue weighted by Gasteiger charge is 2.31. The van der Waals surface area contributed by atoms with Crippen molar-refractivity contribution in [1.29, 1.82) is 0 Å². The maximum absolute atomic E-state index is 13.0. The Hall–Kier alpha value is -3.39. The van der Waals surface area contributed by atoms with Gasteiger partial charge in [0.1, 0.15) is 0 Å². The van der Waals surface area contributed by atoms with Gasteiger partial charge >= 0.3 is 0 Å². The van der Waals surface area contributed by atoms with Crippen molar-refractivity contribution in [3.63, 3.8) is 0 Å². The molecule has 8 heteroatoms. The highest BCUT2D eigenvalue weighted by Crippen LogP contribution is 2.29. The molecule has 0 amide bonds. The van der Waals surface area contributed by atoms with E-state index in [-0.39, 0.29) is 22.6 Å². The number of non-ortho nitro benzene ring substituents is 1. The van der Waals surface area contributed by atoms with Crippen LogP contribution in [0.5, 0.6) is 0 Å². The molecule has 1 aliphatic heterocycles. The first kappa shape index (κ1) is 16.1. The molecular weight excluding hydrogens is 336 g/mol. The van der Waals surface area contributed by atoms with Crippen LogP contribution in [0.3, 0.4) is 0 Å². The number of nitrogens with zero attached hydrogens (tertiary/aromatic N) is 4. The summed E-state index contributed by atoms with van der Waals surface area (Å²) in [6, 6.07) is 9.23. The molecule has 0 saturated heterocycles. The first-order chi connectivity index (χ1) is 12.4. The molecule has 1 aliphatic rings. The van der Waals surface area contributed by atoms with Crippen molar-refractivity contribution in [2.45, 2.75) is 6.54 Å². The van der Waals surface area contributed by atoms with Gasteiger partial charge in [0.25, 0.3) is 11.2 Å². The molecule has 0 aliphatic carbocycles. The maximum atomic E-state index is 13.0. The molecule has 0 unspecified atom stereocenters. The maximum Gasteiger partial charge on any atom is 0.270 e. The first-order valence-corrected chi connectivity index (χ1v) is 7.91. The third-order valence-corrected chi connectivity index (χ3v) is 4.31. The molecule has 0 spiro atoms. The summed E-state index contributed by atoms with van der Waals surface area (Å²) in [6.45, 7) is 0.666. The van der Waals surface area contributed by atoms with Crippen molar-refractivity contribution in [2.24, 2.45) is 0 Å². The highest BCUT2D eigenvalue weighted by atomic mass is 16.6. The van der Waals surface area contributed by atoms with E-state index in [2.05, 4.69) is 4.98 Å². The Labute approximate surface area is 147 Å². The standard InChI is InChI=1S/C18H14N4O4/c1-20(2)9-10-3-5-14-12(7-10)18(24)21-15-6-4-11(22(25)26)8-13(15)16(23)17(21)19-14/h3-8H,9H2,1-2H3. The van der Waals surface area contributed by atoms with E-state index in [0.29, 0.717) is 23.1 Å². The molecule has 0 N–H and O–H groups in total. The van der Waals surface area contributed by atoms with Crippen LogP contribution in [0.15, 0.2) is 41.2 Å². The third kappa shape index (κ3) is 2.31. The van der Waals surface area contributed by atoms with Crippen molar-refractivity contribution < 1.29 is 9.72 Å². The van der Waals surface area contributed by atoms with Gasteiger partial charge in [-0.05, 0) is 37.9 Å². The van der Waals surface area contributed by atoms with Crippen LogP contribution in [0, 0.1) is 10.1 Å². The van der Waals surface area contributed by atoms with E-state index in [1.165, 1.54) is 22.8 Å². The molecule has 4 rings (SSSR count). The number of benzene rings is 2. The fraction of sp³-hybridized carbons (Fsp3) is 0.167. The number of ketones is 1. The lowest BCUT2D eigenvalue weighted by atomic mass is 10.1. The molecule has 0 bridgehead atoms. The fourth-order valence-corrected chi connectivity index (χ4v) is 3.21. The highest BCUT2D eigenvalue weighted by molar-refractivity contribution is 6.13. The largest absolute Gasteiger partial charge is 0.305 e. The summed E-state index contributed by atoms with van der Waals surface area (Å²) in [4.78, 5) is 42.3.